The Bertz CT molecular complexity index is 469. The van der Waals surface area contributed by atoms with Crippen LogP contribution >= 0.6 is 0 Å². The van der Waals surface area contributed by atoms with E-state index in [-0.39, 0.29) is 17.5 Å². The zero-order valence-corrected chi connectivity index (χ0v) is 10.4. The fraction of sp³-hybridized carbons (Fsp3) is 0.357. The summed E-state index contributed by atoms with van der Waals surface area (Å²) >= 11 is 0. The molecule has 96 valence electrons. The minimum atomic E-state index is -0.547. The van der Waals surface area contributed by atoms with Crippen molar-refractivity contribution in [1.29, 1.82) is 0 Å². The molecule has 0 radical (unpaired) electrons. The Kier molecular flexibility index (Phi) is 3.65. The molecule has 2 rings (SSSR count). The van der Waals surface area contributed by atoms with Crippen LogP contribution in [0.15, 0.2) is 30.9 Å². The van der Waals surface area contributed by atoms with E-state index in [0.717, 1.165) is 12.8 Å². The first-order valence-corrected chi connectivity index (χ1v) is 5.92. The fourth-order valence-electron chi connectivity index (χ4n) is 1.87. The monoisotopic (exact) mass is 249 g/mol. The Morgan fingerprint density at radius 1 is 1.61 bits per heavy atom. The van der Waals surface area contributed by atoms with E-state index < -0.39 is 5.82 Å². The van der Waals surface area contributed by atoms with Crippen molar-refractivity contribution in [1.82, 2.24) is 4.90 Å². The lowest BCUT2D eigenvalue weighted by Crippen LogP contribution is -2.33. The van der Waals surface area contributed by atoms with Gasteiger partial charge in [0, 0.05) is 18.7 Å². The Morgan fingerprint density at radius 2 is 2.33 bits per heavy atom. The largest absolute Gasteiger partial charge is 0.497 e. The molecule has 1 aromatic rings. The summed E-state index contributed by atoms with van der Waals surface area (Å²) in [6.07, 6.45) is 3.63. The molecule has 4 heteroatoms. The Labute approximate surface area is 106 Å². The van der Waals surface area contributed by atoms with Crippen LogP contribution in [0.4, 0.5) is 4.39 Å². The summed E-state index contributed by atoms with van der Waals surface area (Å²) in [5, 5.41) is 0. The van der Waals surface area contributed by atoms with Crippen LogP contribution in [0, 0.1) is 5.82 Å². The topological polar surface area (TPSA) is 29.5 Å². The highest BCUT2D eigenvalue weighted by molar-refractivity contribution is 5.95. The highest BCUT2D eigenvalue weighted by Gasteiger charge is 2.33. The van der Waals surface area contributed by atoms with Crippen molar-refractivity contribution >= 4 is 5.91 Å². The van der Waals surface area contributed by atoms with Gasteiger partial charge in [-0.15, -0.1) is 6.58 Å². The third-order valence-electron chi connectivity index (χ3n) is 2.98. The Hall–Kier alpha value is -1.84. The SMILES string of the molecule is C=CCN(C(=O)c1ccc(OC)cc1F)C1CC1. The molecule has 0 unspecified atom stereocenters. The minimum Gasteiger partial charge on any atom is -0.497 e. The molecule has 3 nitrogen and oxygen atoms in total. The van der Waals surface area contributed by atoms with Gasteiger partial charge >= 0.3 is 0 Å². The number of carbonyl (C=O) groups is 1. The minimum absolute atomic E-state index is 0.0875. The van der Waals surface area contributed by atoms with Gasteiger partial charge in [0.25, 0.3) is 5.91 Å². The number of hydrogen-bond acceptors (Lipinski definition) is 2. The summed E-state index contributed by atoms with van der Waals surface area (Å²) in [6.45, 7) is 4.08. The summed E-state index contributed by atoms with van der Waals surface area (Å²) in [6, 6.07) is 4.52. The van der Waals surface area contributed by atoms with Gasteiger partial charge in [-0.1, -0.05) is 6.08 Å². The summed E-state index contributed by atoms with van der Waals surface area (Å²) in [5.74, 6) is -0.419. The molecule has 0 aliphatic heterocycles. The average molecular weight is 249 g/mol. The van der Waals surface area contributed by atoms with Crippen molar-refractivity contribution in [2.24, 2.45) is 0 Å². The molecule has 0 bridgehead atoms. The molecule has 1 saturated carbocycles. The lowest BCUT2D eigenvalue weighted by Gasteiger charge is -2.21. The molecular weight excluding hydrogens is 233 g/mol. The van der Waals surface area contributed by atoms with E-state index in [1.165, 1.54) is 19.2 Å². The molecule has 1 aliphatic carbocycles. The number of methoxy groups -OCH3 is 1. The van der Waals surface area contributed by atoms with Crippen molar-refractivity contribution in [2.75, 3.05) is 13.7 Å². The molecular formula is C14H16FNO2. The average Bonchev–Trinajstić information content (AvgIpc) is 3.19. The van der Waals surface area contributed by atoms with Gasteiger partial charge in [0.2, 0.25) is 0 Å². The van der Waals surface area contributed by atoms with Gasteiger partial charge in [0.1, 0.15) is 11.6 Å². The number of rotatable bonds is 5. The summed E-state index contributed by atoms with van der Waals surface area (Å²) in [7, 11) is 1.46. The summed E-state index contributed by atoms with van der Waals surface area (Å²) < 4.78 is 18.7. The van der Waals surface area contributed by atoms with Crippen LogP contribution in [0.25, 0.3) is 0 Å². The third-order valence-corrected chi connectivity index (χ3v) is 2.98. The van der Waals surface area contributed by atoms with Crippen LogP contribution in [0.3, 0.4) is 0 Å². The number of halogens is 1. The van der Waals surface area contributed by atoms with Gasteiger partial charge in [0.15, 0.2) is 0 Å². The molecule has 0 N–H and O–H groups in total. The molecule has 1 aromatic carbocycles. The highest BCUT2D eigenvalue weighted by atomic mass is 19.1. The first-order valence-electron chi connectivity index (χ1n) is 5.92. The fourth-order valence-corrected chi connectivity index (χ4v) is 1.87. The van der Waals surface area contributed by atoms with Crippen molar-refractivity contribution in [2.45, 2.75) is 18.9 Å². The van der Waals surface area contributed by atoms with E-state index in [9.17, 15) is 9.18 Å². The number of carbonyl (C=O) groups excluding carboxylic acids is 1. The predicted octanol–water partition coefficient (Wildman–Crippen LogP) is 2.62. The quantitative estimate of drug-likeness (QED) is 0.751. The Balaban J connectivity index is 2.23. The van der Waals surface area contributed by atoms with Crippen LogP contribution in [0.2, 0.25) is 0 Å². The molecule has 1 amide bonds. The molecule has 0 heterocycles. The smallest absolute Gasteiger partial charge is 0.257 e. The summed E-state index contributed by atoms with van der Waals surface area (Å²) in [4.78, 5) is 13.9. The second kappa shape index (κ2) is 5.21. The number of hydrogen-bond donors (Lipinski definition) is 0. The van der Waals surface area contributed by atoms with E-state index in [0.29, 0.717) is 12.3 Å². The van der Waals surface area contributed by atoms with Gasteiger partial charge in [-0.25, -0.2) is 4.39 Å². The lowest BCUT2D eigenvalue weighted by molar-refractivity contribution is 0.0758. The van der Waals surface area contributed by atoms with Crippen LogP contribution in [-0.4, -0.2) is 30.5 Å². The first kappa shape index (κ1) is 12.6. The van der Waals surface area contributed by atoms with E-state index in [4.69, 9.17) is 4.74 Å². The third kappa shape index (κ3) is 2.53. The van der Waals surface area contributed by atoms with Crippen molar-refractivity contribution in [3.05, 3.63) is 42.2 Å². The molecule has 18 heavy (non-hydrogen) atoms. The van der Waals surface area contributed by atoms with E-state index in [1.54, 1.807) is 17.0 Å². The van der Waals surface area contributed by atoms with E-state index >= 15 is 0 Å². The highest BCUT2D eigenvalue weighted by Crippen LogP contribution is 2.29. The number of benzene rings is 1. The van der Waals surface area contributed by atoms with E-state index in [1.807, 2.05) is 0 Å². The number of ether oxygens (including phenoxy) is 1. The number of nitrogens with zero attached hydrogens (tertiary/aromatic N) is 1. The second-order valence-electron chi connectivity index (χ2n) is 4.32. The number of amides is 1. The normalized spacial score (nSPS) is 14.1. The molecule has 0 aromatic heterocycles. The lowest BCUT2D eigenvalue weighted by atomic mass is 10.1. The van der Waals surface area contributed by atoms with E-state index in [2.05, 4.69) is 6.58 Å². The zero-order chi connectivity index (χ0) is 13.1. The van der Waals surface area contributed by atoms with Crippen LogP contribution in [0.1, 0.15) is 23.2 Å². The van der Waals surface area contributed by atoms with Gasteiger partial charge in [0.05, 0.1) is 12.7 Å². The van der Waals surface area contributed by atoms with Crippen molar-refractivity contribution in [3.63, 3.8) is 0 Å². The zero-order valence-electron chi connectivity index (χ0n) is 10.4. The van der Waals surface area contributed by atoms with Gasteiger partial charge < -0.3 is 9.64 Å². The standard InChI is InChI=1S/C14H16FNO2/c1-3-8-16(10-4-5-10)14(17)12-7-6-11(18-2)9-13(12)15/h3,6-7,9-10H,1,4-5,8H2,2H3. The van der Waals surface area contributed by atoms with Gasteiger partial charge in [-0.2, -0.15) is 0 Å². The van der Waals surface area contributed by atoms with Crippen LogP contribution < -0.4 is 4.74 Å². The van der Waals surface area contributed by atoms with Gasteiger partial charge in [-0.3, -0.25) is 4.79 Å². The molecule has 0 atom stereocenters. The first-order chi connectivity index (χ1) is 8.67. The molecule has 1 fully saturated rings. The van der Waals surface area contributed by atoms with Crippen molar-refractivity contribution < 1.29 is 13.9 Å². The predicted molar refractivity (Wildman–Crippen MR) is 67.2 cm³/mol. The van der Waals surface area contributed by atoms with Gasteiger partial charge in [-0.05, 0) is 25.0 Å². The Morgan fingerprint density at radius 3 is 2.83 bits per heavy atom. The van der Waals surface area contributed by atoms with Crippen molar-refractivity contribution in [3.8, 4) is 5.75 Å². The molecule has 0 saturated heterocycles. The molecule has 0 spiro atoms. The van der Waals surface area contributed by atoms with Crippen LogP contribution in [0.5, 0.6) is 5.75 Å². The maximum atomic E-state index is 13.8. The molecule has 1 aliphatic rings. The maximum absolute atomic E-state index is 13.8. The second-order valence-corrected chi connectivity index (χ2v) is 4.32. The summed E-state index contributed by atoms with van der Waals surface area (Å²) in [5.41, 5.74) is 0.0875. The maximum Gasteiger partial charge on any atom is 0.257 e. The van der Waals surface area contributed by atoms with Crippen LogP contribution in [-0.2, 0) is 0 Å².